The summed E-state index contributed by atoms with van der Waals surface area (Å²) in [4.78, 5) is 11.4. The van der Waals surface area contributed by atoms with Crippen molar-refractivity contribution in [3.63, 3.8) is 0 Å². The number of ether oxygens (including phenoxy) is 1. The number of nitrogens with two attached hydrogens (primary N) is 1. The summed E-state index contributed by atoms with van der Waals surface area (Å²) < 4.78 is 18.4. The van der Waals surface area contributed by atoms with Crippen molar-refractivity contribution in [2.24, 2.45) is 5.73 Å². The number of amides is 1. The predicted molar refractivity (Wildman–Crippen MR) is 62.6 cm³/mol. The van der Waals surface area contributed by atoms with Gasteiger partial charge in [-0.25, -0.2) is 4.39 Å². The third-order valence-corrected chi connectivity index (χ3v) is 2.53. The second-order valence-electron chi connectivity index (χ2n) is 3.73. The fourth-order valence-corrected chi connectivity index (χ4v) is 1.29. The third-order valence-electron chi connectivity index (χ3n) is 2.53. The first-order valence-corrected chi connectivity index (χ1v) is 5.36. The predicted octanol–water partition coefficient (Wildman–Crippen LogP) is 0.935. The zero-order chi connectivity index (χ0) is 12.8. The molecule has 0 aliphatic carbocycles. The summed E-state index contributed by atoms with van der Waals surface area (Å²) >= 11 is 0. The molecule has 17 heavy (non-hydrogen) atoms. The van der Waals surface area contributed by atoms with Crippen LogP contribution in [-0.2, 0) is 22.6 Å². The molecule has 0 saturated carbocycles. The van der Waals surface area contributed by atoms with Crippen LogP contribution in [0.1, 0.15) is 18.1 Å². The van der Waals surface area contributed by atoms with Crippen molar-refractivity contribution >= 4 is 5.91 Å². The van der Waals surface area contributed by atoms with Crippen LogP contribution in [0.2, 0.25) is 0 Å². The van der Waals surface area contributed by atoms with Gasteiger partial charge < -0.3 is 15.8 Å². The Hall–Kier alpha value is -1.46. The lowest BCUT2D eigenvalue weighted by molar-refractivity contribution is -0.130. The number of hydrogen-bond donors (Lipinski definition) is 2. The van der Waals surface area contributed by atoms with Crippen LogP contribution >= 0.6 is 0 Å². The Morgan fingerprint density at radius 2 is 2.29 bits per heavy atom. The minimum absolute atomic E-state index is 0.142. The molecule has 94 valence electrons. The highest BCUT2D eigenvalue weighted by atomic mass is 19.1. The summed E-state index contributed by atoms with van der Waals surface area (Å²) in [5, 5.41) is 2.59. The van der Waals surface area contributed by atoms with Crippen molar-refractivity contribution in [1.29, 1.82) is 0 Å². The van der Waals surface area contributed by atoms with Gasteiger partial charge in [0.05, 0.1) is 0 Å². The van der Waals surface area contributed by atoms with Gasteiger partial charge in [-0.15, -0.1) is 0 Å². The first-order valence-electron chi connectivity index (χ1n) is 5.36. The second-order valence-corrected chi connectivity index (χ2v) is 3.73. The molecular formula is C12H17FN2O2. The lowest BCUT2D eigenvalue weighted by Crippen LogP contribution is -2.33. The topological polar surface area (TPSA) is 64.3 Å². The Morgan fingerprint density at radius 3 is 2.82 bits per heavy atom. The highest BCUT2D eigenvalue weighted by Crippen LogP contribution is 2.10. The van der Waals surface area contributed by atoms with E-state index < -0.39 is 6.10 Å². The van der Waals surface area contributed by atoms with Crippen LogP contribution in [0, 0.1) is 5.82 Å². The van der Waals surface area contributed by atoms with Crippen molar-refractivity contribution in [2.45, 2.75) is 26.1 Å². The highest BCUT2D eigenvalue weighted by Gasteiger charge is 2.11. The number of carbonyl (C=O) groups excluding carboxylic acids is 1. The minimum atomic E-state index is -0.540. The molecular weight excluding hydrogens is 223 g/mol. The third kappa shape index (κ3) is 3.80. The quantitative estimate of drug-likeness (QED) is 0.805. The molecule has 3 N–H and O–H groups in total. The van der Waals surface area contributed by atoms with Crippen LogP contribution in [0.5, 0.6) is 0 Å². The molecule has 1 unspecified atom stereocenters. The summed E-state index contributed by atoms with van der Waals surface area (Å²) in [6, 6.07) is 4.74. The number of rotatable bonds is 5. The Kier molecular flexibility index (Phi) is 5.06. The molecule has 0 spiro atoms. The molecule has 1 atom stereocenters. The average molecular weight is 240 g/mol. The highest BCUT2D eigenvalue weighted by molar-refractivity contribution is 5.80. The van der Waals surface area contributed by atoms with Gasteiger partial charge in [-0.1, -0.05) is 12.1 Å². The van der Waals surface area contributed by atoms with Gasteiger partial charge in [0, 0.05) is 25.8 Å². The maximum absolute atomic E-state index is 13.5. The molecule has 4 nitrogen and oxygen atoms in total. The SMILES string of the molecule is COC(C)C(=O)NCc1ccc(CN)cc1F. The van der Waals surface area contributed by atoms with Gasteiger partial charge in [0.25, 0.3) is 0 Å². The van der Waals surface area contributed by atoms with E-state index in [1.807, 2.05) is 0 Å². The van der Waals surface area contributed by atoms with E-state index in [-0.39, 0.29) is 18.3 Å². The van der Waals surface area contributed by atoms with E-state index in [9.17, 15) is 9.18 Å². The average Bonchev–Trinajstić information content (AvgIpc) is 2.35. The molecule has 0 radical (unpaired) electrons. The lowest BCUT2D eigenvalue weighted by Gasteiger charge is -2.11. The molecule has 1 rings (SSSR count). The second kappa shape index (κ2) is 6.32. The first-order chi connectivity index (χ1) is 8.08. The van der Waals surface area contributed by atoms with E-state index in [1.165, 1.54) is 13.2 Å². The smallest absolute Gasteiger partial charge is 0.249 e. The van der Waals surface area contributed by atoms with Crippen molar-refractivity contribution in [2.75, 3.05) is 7.11 Å². The zero-order valence-corrected chi connectivity index (χ0v) is 10.00. The summed E-state index contributed by atoms with van der Waals surface area (Å²) in [6.07, 6.45) is -0.540. The summed E-state index contributed by atoms with van der Waals surface area (Å²) in [5.41, 5.74) is 6.55. The van der Waals surface area contributed by atoms with Gasteiger partial charge >= 0.3 is 0 Å². The maximum atomic E-state index is 13.5. The van der Waals surface area contributed by atoms with Crippen LogP contribution < -0.4 is 11.1 Å². The molecule has 0 aromatic heterocycles. The van der Waals surface area contributed by atoms with Crippen LogP contribution in [0.4, 0.5) is 4.39 Å². The molecule has 1 aromatic rings. The van der Waals surface area contributed by atoms with Crippen LogP contribution in [-0.4, -0.2) is 19.1 Å². The fourth-order valence-electron chi connectivity index (χ4n) is 1.29. The van der Waals surface area contributed by atoms with Crippen LogP contribution in [0.3, 0.4) is 0 Å². The first kappa shape index (κ1) is 13.6. The van der Waals surface area contributed by atoms with E-state index in [1.54, 1.807) is 19.1 Å². The molecule has 0 bridgehead atoms. The Labute approximate surface area is 100.0 Å². The van der Waals surface area contributed by atoms with E-state index in [4.69, 9.17) is 10.5 Å². The fraction of sp³-hybridized carbons (Fsp3) is 0.417. The molecule has 0 fully saturated rings. The maximum Gasteiger partial charge on any atom is 0.249 e. The number of methoxy groups -OCH3 is 1. The van der Waals surface area contributed by atoms with E-state index >= 15 is 0 Å². The molecule has 5 heteroatoms. The van der Waals surface area contributed by atoms with Gasteiger partial charge in [-0.2, -0.15) is 0 Å². The molecule has 0 aliphatic heterocycles. The largest absolute Gasteiger partial charge is 0.372 e. The molecule has 0 saturated heterocycles. The Balaban J connectivity index is 2.61. The van der Waals surface area contributed by atoms with Gasteiger partial charge in [-0.05, 0) is 18.6 Å². The van der Waals surface area contributed by atoms with Gasteiger partial charge in [0.1, 0.15) is 11.9 Å². The molecule has 0 heterocycles. The van der Waals surface area contributed by atoms with Crippen LogP contribution in [0.15, 0.2) is 18.2 Å². The molecule has 1 aromatic carbocycles. The summed E-state index contributed by atoms with van der Waals surface area (Å²) in [7, 11) is 1.45. The number of carbonyl (C=O) groups is 1. The lowest BCUT2D eigenvalue weighted by atomic mass is 10.1. The summed E-state index contributed by atoms with van der Waals surface area (Å²) in [5.74, 6) is -0.631. The normalized spacial score (nSPS) is 12.2. The molecule has 0 aliphatic rings. The Morgan fingerprint density at radius 1 is 1.59 bits per heavy atom. The number of halogens is 1. The van der Waals surface area contributed by atoms with E-state index in [2.05, 4.69) is 5.32 Å². The van der Waals surface area contributed by atoms with Crippen molar-refractivity contribution < 1.29 is 13.9 Å². The van der Waals surface area contributed by atoms with E-state index in [0.29, 0.717) is 12.1 Å². The van der Waals surface area contributed by atoms with E-state index in [0.717, 1.165) is 5.56 Å². The minimum Gasteiger partial charge on any atom is -0.372 e. The monoisotopic (exact) mass is 240 g/mol. The van der Waals surface area contributed by atoms with Gasteiger partial charge in [0.2, 0.25) is 5.91 Å². The summed E-state index contributed by atoms with van der Waals surface area (Å²) in [6.45, 7) is 2.07. The molecule has 1 amide bonds. The number of hydrogen-bond acceptors (Lipinski definition) is 3. The van der Waals surface area contributed by atoms with Crippen molar-refractivity contribution in [1.82, 2.24) is 5.32 Å². The van der Waals surface area contributed by atoms with Gasteiger partial charge in [-0.3, -0.25) is 4.79 Å². The van der Waals surface area contributed by atoms with Crippen molar-refractivity contribution in [3.05, 3.63) is 35.1 Å². The standard InChI is InChI=1S/C12H17FN2O2/c1-8(17-2)12(16)15-7-10-4-3-9(6-14)5-11(10)13/h3-5,8H,6-7,14H2,1-2H3,(H,15,16). The Bertz CT molecular complexity index is 396. The zero-order valence-electron chi connectivity index (χ0n) is 10.00. The van der Waals surface area contributed by atoms with Gasteiger partial charge in [0.15, 0.2) is 0 Å². The van der Waals surface area contributed by atoms with Crippen molar-refractivity contribution in [3.8, 4) is 0 Å². The number of nitrogens with one attached hydrogen (secondary N) is 1. The van der Waals surface area contributed by atoms with Crippen LogP contribution in [0.25, 0.3) is 0 Å². The number of benzene rings is 1.